The van der Waals surface area contributed by atoms with Gasteiger partial charge in [-0.1, -0.05) is 34.7 Å². The third-order valence-electron chi connectivity index (χ3n) is 4.89. The van der Waals surface area contributed by atoms with Crippen LogP contribution in [0.5, 0.6) is 5.75 Å². The molecule has 0 saturated carbocycles. The first-order valence-electron chi connectivity index (χ1n) is 9.25. The zero-order chi connectivity index (χ0) is 20.5. The molecule has 0 aliphatic heterocycles. The number of ether oxygens (including phenoxy) is 1. The summed E-state index contributed by atoms with van der Waals surface area (Å²) in [6.45, 7) is 8.03. The average Bonchev–Trinajstić information content (AvgIpc) is 3.25. The fourth-order valence-electron chi connectivity index (χ4n) is 3.01. The number of amides is 1. The van der Waals surface area contributed by atoms with Gasteiger partial charge in [-0.2, -0.15) is 0 Å². The molecule has 0 saturated heterocycles. The van der Waals surface area contributed by atoms with Gasteiger partial charge in [-0.25, -0.2) is 4.98 Å². The first-order valence-corrected chi connectivity index (χ1v) is 10.1. The number of thiazole rings is 1. The van der Waals surface area contributed by atoms with Gasteiger partial charge in [0, 0.05) is 0 Å². The van der Waals surface area contributed by atoms with Crippen LogP contribution >= 0.6 is 11.3 Å². The van der Waals surface area contributed by atoms with Crippen LogP contribution in [0.25, 0.3) is 10.2 Å². The van der Waals surface area contributed by atoms with Crippen molar-refractivity contribution in [2.24, 2.45) is 0 Å². The van der Waals surface area contributed by atoms with Crippen molar-refractivity contribution >= 4 is 32.6 Å². The Balaban J connectivity index is 1.54. The monoisotopic (exact) mass is 407 g/mol. The van der Waals surface area contributed by atoms with Gasteiger partial charge in [0.05, 0.1) is 15.8 Å². The minimum atomic E-state index is -0.364. The molecule has 1 amide bonds. The average molecular weight is 407 g/mol. The highest BCUT2D eigenvalue weighted by molar-refractivity contribution is 7.22. The third kappa shape index (κ3) is 3.86. The van der Waals surface area contributed by atoms with Gasteiger partial charge >= 0.3 is 0 Å². The molecule has 0 radical (unpaired) electrons. The summed E-state index contributed by atoms with van der Waals surface area (Å²) in [4.78, 5) is 17.3. The Hall–Kier alpha value is -3.19. The molecule has 4 rings (SSSR count). The molecular formula is C22H21N3O3S. The Morgan fingerprint density at radius 2 is 2.00 bits per heavy atom. The summed E-state index contributed by atoms with van der Waals surface area (Å²) in [5, 5.41) is 7.30. The van der Waals surface area contributed by atoms with Gasteiger partial charge in [0.15, 0.2) is 10.8 Å². The van der Waals surface area contributed by atoms with Gasteiger partial charge in [-0.05, 0) is 62.6 Å². The Bertz CT molecular complexity index is 1210. The van der Waals surface area contributed by atoms with E-state index in [9.17, 15) is 4.79 Å². The van der Waals surface area contributed by atoms with E-state index in [-0.39, 0.29) is 18.2 Å². The molecular weight excluding hydrogens is 386 g/mol. The first-order chi connectivity index (χ1) is 13.9. The lowest BCUT2D eigenvalue weighted by Crippen LogP contribution is -2.15. The van der Waals surface area contributed by atoms with Crippen LogP contribution in [-0.2, 0) is 6.61 Å². The molecule has 2 aromatic carbocycles. The van der Waals surface area contributed by atoms with Crippen LogP contribution in [0.2, 0.25) is 0 Å². The number of nitrogens with zero attached hydrogens (tertiary/aromatic N) is 2. The Labute approximate surface area is 172 Å². The standard InChI is InChI=1S/C22H21N3O3S/c1-12-8-9-17-19(10-12)29-22(23-17)24-21(26)20-16(15(4)28-25-20)11-27-18-7-5-6-13(2)14(18)3/h5-10H,11H2,1-4H3,(H,23,24,26). The predicted octanol–water partition coefficient (Wildman–Crippen LogP) is 5.35. The highest BCUT2D eigenvalue weighted by Crippen LogP contribution is 2.28. The minimum Gasteiger partial charge on any atom is -0.488 e. The van der Waals surface area contributed by atoms with Crippen molar-refractivity contribution in [1.82, 2.24) is 10.1 Å². The maximum absolute atomic E-state index is 12.8. The molecule has 4 aromatic rings. The zero-order valence-corrected chi connectivity index (χ0v) is 17.5. The molecule has 29 heavy (non-hydrogen) atoms. The van der Waals surface area contributed by atoms with E-state index in [1.165, 1.54) is 11.3 Å². The molecule has 0 unspecified atom stereocenters. The van der Waals surface area contributed by atoms with Crippen LogP contribution in [0.3, 0.4) is 0 Å². The lowest BCUT2D eigenvalue weighted by atomic mass is 10.1. The number of nitrogens with one attached hydrogen (secondary N) is 1. The number of aryl methyl sites for hydroxylation is 3. The lowest BCUT2D eigenvalue weighted by Gasteiger charge is -2.10. The molecule has 0 bridgehead atoms. The van der Waals surface area contributed by atoms with Gasteiger partial charge in [-0.15, -0.1) is 0 Å². The number of hydrogen-bond donors (Lipinski definition) is 1. The van der Waals surface area contributed by atoms with E-state index in [1.54, 1.807) is 6.92 Å². The topological polar surface area (TPSA) is 77.3 Å². The fourth-order valence-corrected chi connectivity index (χ4v) is 3.97. The maximum Gasteiger partial charge on any atom is 0.280 e. The van der Waals surface area contributed by atoms with Crippen molar-refractivity contribution in [3.8, 4) is 5.75 Å². The van der Waals surface area contributed by atoms with Gasteiger partial charge in [0.25, 0.3) is 5.91 Å². The molecule has 2 heterocycles. The van der Waals surface area contributed by atoms with Crippen molar-refractivity contribution in [1.29, 1.82) is 0 Å². The molecule has 148 valence electrons. The SMILES string of the molecule is Cc1ccc2nc(NC(=O)c3noc(C)c3COc3cccc(C)c3C)sc2c1. The normalized spacial score (nSPS) is 11.0. The van der Waals surface area contributed by atoms with Gasteiger partial charge in [0.2, 0.25) is 0 Å². The van der Waals surface area contributed by atoms with E-state index in [2.05, 4.69) is 15.5 Å². The number of hydrogen-bond acceptors (Lipinski definition) is 6. The van der Waals surface area contributed by atoms with Crippen molar-refractivity contribution in [3.05, 3.63) is 70.1 Å². The van der Waals surface area contributed by atoms with Crippen LogP contribution in [0.1, 0.15) is 38.5 Å². The predicted molar refractivity (Wildman–Crippen MR) is 114 cm³/mol. The second-order valence-corrected chi connectivity index (χ2v) is 8.03. The van der Waals surface area contributed by atoms with Crippen molar-refractivity contribution in [2.45, 2.75) is 34.3 Å². The van der Waals surface area contributed by atoms with Crippen molar-refractivity contribution in [3.63, 3.8) is 0 Å². The number of carbonyl (C=O) groups is 1. The van der Waals surface area contributed by atoms with Crippen LogP contribution < -0.4 is 10.1 Å². The summed E-state index contributed by atoms with van der Waals surface area (Å²) in [5.41, 5.74) is 5.05. The second kappa shape index (κ2) is 7.67. The second-order valence-electron chi connectivity index (χ2n) is 7.00. The molecule has 0 atom stereocenters. The van der Waals surface area contributed by atoms with Gasteiger partial charge < -0.3 is 9.26 Å². The van der Waals surface area contributed by atoms with Crippen LogP contribution in [-0.4, -0.2) is 16.0 Å². The largest absolute Gasteiger partial charge is 0.488 e. The van der Waals surface area contributed by atoms with Gasteiger partial charge in [-0.3, -0.25) is 10.1 Å². The number of fused-ring (bicyclic) bond motifs is 1. The van der Waals surface area contributed by atoms with Crippen LogP contribution in [0.4, 0.5) is 5.13 Å². The Morgan fingerprint density at radius 3 is 2.83 bits per heavy atom. The number of carbonyl (C=O) groups excluding carboxylic acids is 1. The number of aromatic nitrogens is 2. The molecule has 6 nitrogen and oxygen atoms in total. The highest BCUT2D eigenvalue weighted by atomic mass is 32.1. The molecule has 1 N–H and O–H groups in total. The zero-order valence-electron chi connectivity index (χ0n) is 16.7. The quantitative estimate of drug-likeness (QED) is 0.483. The van der Waals surface area contributed by atoms with E-state index in [0.29, 0.717) is 16.5 Å². The highest BCUT2D eigenvalue weighted by Gasteiger charge is 2.22. The minimum absolute atomic E-state index is 0.196. The smallest absolute Gasteiger partial charge is 0.280 e. The van der Waals surface area contributed by atoms with Crippen LogP contribution in [0, 0.1) is 27.7 Å². The van der Waals surface area contributed by atoms with Crippen LogP contribution in [0.15, 0.2) is 40.9 Å². The summed E-state index contributed by atoms with van der Waals surface area (Å²) in [6.07, 6.45) is 0. The lowest BCUT2D eigenvalue weighted by molar-refractivity contribution is 0.101. The molecule has 2 aromatic heterocycles. The third-order valence-corrected chi connectivity index (χ3v) is 5.82. The van der Waals surface area contributed by atoms with E-state index in [4.69, 9.17) is 9.26 Å². The molecule has 7 heteroatoms. The summed E-state index contributed by atoms with van der Waals surface area (Å²) >= 11 is 1.43. The summed E-state index contributed by atoms with van der Waals surface area (Å²) in [6, 6.07) is 11.9. The summed E-state index contributed by atoms with van der Waals surface area (Å²) in [7, 11) is 0. The van der Waals surface area contributed by atoms with Gasteiger partial charge in [0.1, 0.15) is 18.1 Å². The molecule has 0 fully saturated rings. The van der Waals surface area contributed by atoms with E-state index < -0.39 is 0 Å². The van der Waals surface area contributed by atoms with E-state index in [1.807, 2.05) is 57.2 Å². The number of rotatable bonds is 5. The summed E-state index contributed by atoms with van der Waals surface area (Å²) in [5.74, 6) is 0.969. The van der Waals surface area contributed by atoms with E-state index >= 15 is 0 Å². The molecule has 0 aliphatic rings. The Kier molecular flexibility index (Phi) is 5.07. The maximum atomic E-state index is 12.8. The fraction of sp³-hybridized carbons (Fsp3) is 0.227. The number of benzene rings is 2. The summed E-state index contributed by atoms with van der Waals surface area (Å²) < 4.78 is 12.2. The van der Waals surface area contributed by atoms with Crippen molar-refractivity contribution in [2.75, 3.05) is 5.32 Å². The van der Waals surface area contributed by atoms with Crippen molar-refractivity contribution < 1.29 is 14.1 Å². The number of anilines is 1. The molecule has 0 spiro atoms. The molecule has 0 aliphatic carbocycles. The van der Waals surface area contributed by atoms with E-state index in [0.717, 1.165) is 32.7 Å². The first kappa shape index (κ1) is 19.1. The Morgan fingerprint density at radius 1 is 1.17 bits per heavy atom.